The number of carbonyl (C=O) groups excluding carboxylic acids is 1. The van der Waals surface area contributed by atoms with E-state index in [9.17, 15) is 4.79 Å². The third kappa shape index (κ3) is 5.38. The second kappa shape index (κ2) is 8.49. The largest absolute Gasteiger partial charge is 0.481 e. The highest BCUT2D eigenvalue weighted by molar-refractivity contribution is 9.10. The average molecular weight is 390 g/mol. The molecule has 2 aromatic carbocycles. The van der Waals surface area contributed by atoms with Gasteiger partial charge >= 0.3 is 0 Å². The first-order chi connectivity index (χ1) is 11.5. The highest BCUT2D eigenvalue weighted by Crippen LogP contribution is 2.17. The minimum absolute atomic E-state index is 0.306. The fourth-order valence-corrected chi connectivity index (χ4v) is 2.16. The molecule has 2 rings (SSSR count). The highest BCUT2D eigenvalue weighted by Gasteiger charge is 2.13. The number of carbonyl (C=O) groups is 1. The summed E-state index contributed by atoms with van der Waals surface area (Å²) in [5.74, 6) is 0.322. The van der Waals surface area contributed by atoms with Gasteiger partial charge in [0, 0.05) is 24.3 Å². The molecule has 0 unspecified atom stereocenters. The van der Waals surface area contributed by atoms with Crippen molar-refractivity contribution in [3.63, 3.8) is 0 Å². The number of nitrogens with zero attached hydrogens (tertiary/aromatic N) is 2. The molecule has 0 bridgehead atoms. The van der Waals surface area contributed by atoms with E-state index in [1.54, 1.807) is 25.3 Å². The smallest absolute Gasteiger partial charge is 0.280 e. The van der Waals surface area contributed by atoms with Crippen molar-refractivity contribution < 1.29 is 9.53 Å². The van der Waals surface area contributed by atoms with Crippen molar-refractivity contribution in [1.29, 1.82) is 0 Å². The van der Waals surface area contributed by atoms with E-state index in [0.717, 1.165) is 15.7 Å². The Morgan fingerprint density at radius 2 is 1.79 bits per heavy atom. The number of hydrazone groups is 1. The van der Waals surface area contributed by atoms with Crippen molar-refractivity contribution in [1.82, 2.24) is 5.43 Å². The number of benzene rings is 2. The Morgan fingerprint density at radius 1 is 1.17 bits per heavy atom. The molecule has 5 nitrogen and oxygen atoms in total. The van der Waals surface area contributed by atoms with Crippen LogP contribution in [0.2, 0.25) is 0 Å². The lowest BCUT2D eigenvalue weighted by Crippen LogP contribution is -2.33. The van der Waals surface area contributed by atoms with E-state index < -0.39 is 6.10 Å². The molecule has 24 heavy (non-hydrogen) atoms. The first-order valence-corrected chi connectivity index (χ1v) is 8.27. The molecule has 0 fully saturated rings. The van der Waals surface area contributed by atoms with Crippen molar-refractivity contribution in [3.8, 4) is 5.75 Å². The molecule has 1 atom stereocenters. The van der Waals surface area contributed by atoms with Crippen molar-refractivity contribution in [3.05, 3.63) is 58.6 Å². The fourth-order valence-electron chi connectivity index (χ4n) is 1.89. The SMILES string of the molecule is C[C@H](Oc1ccc(Br)cc1)C(=O)NN=Cc1ccc(N(C)C)cc1. The van der Waals surface area contributed by atoms with Gasteiger partial charge in [-0.25, -0.2) is 5.43 Å². The molecule has 126 valence electrons. The van der Waals surface area contributed by atoms with Gasteiger partial charge in [0.05, 0.1) is 6.21 Å². The molecule has 2 aromatic rings. The Labute approximate surface area is 150 Å². The number of nitrogens with one attached hydrogen (secondary N) is 1. The maximum absolute atomic E-state index is 12.0. The maximum atomic E-state index is 12.0. The van der Waals surface area contributed by atoms with Crippen molar-refractivity contribution >= 4 is 33.7 Å². The Hall–Kier alpha value is -2.34. The van der Waals surface area contributed by atoms with Crippen LogP contribution in [0.4, 0.5) is 5.69 Å². The van der Waals surface area contributed by atoms with Gasteiger partial charge in [0.25, 0.3) is 5.91 Å². The number of ether oxygens (including phenoxy) is 1. The van der Waals surface area contributed by atoms with Crippen LogP contribution in [0.15, 0.2) is 58.1 Å². The van der Waals surface area contributed by atoms with Crippen LogP contribution in [0.25, 0.3) is 0 Å². The van der Waals surface area contributed by atoms with Crippen LogP contribution < -0.4 is 15.1 Å². The van der Waals surface area contributed by atoms with Gasteiger partial charge in [0.1, 0.15) is 5.75 Å². The predicted octanol–water partition coefficient (Wildman–Crippen LogP) is 3.43. The van der Waals surface area contributed by atoms with Crippen LogP contribution in [0.5, 0.6) is 5.75 Å². The summed E-state index contributed by atoms with van der Waals surface area (Å²) in [5.41, 5.74) is 4.50. The summed E-state index contributed by atoms with van der Waals surface area (Å²) >= 11 is 3.35. The lowest BCUT2D eigenvalue weighted by Gasteiger charge is -2.13. The molecule has 1 amide bonds. The summed E-state index contributed by atoms with van der Waals surface area (Å²) in [4.78, 5) is 14.0. The summed E-state index contributed by atoms with van der Waals surface area (Å²) in [6.45, 7) is 1.68. The average Bonchev–Trinajstić information content (AvgIpc) is 2.57. The fraction of sp³-hybridized carbons (Fsp3) is 0.222. The quantitative estimate of drug-likeness (QED) is 0.608. The van der Waals surface area contributed by atoms with Crippen LogP contribution in [0.1, 0.15) is 12.5 Å². The molecule has 0 heterocycles. The number of anilines is 1. The molecule has 0 saturated heterocycles. The first kappa shape index (κ1) is 18.0. The van der Waals surface area contributed by atoms with Crippen molar-refractivity contribution in [2.75, 3.05) is 19.0 Å². The molecule has 6 heteroatoms. The Morgan fingerprint density at radius 3 is 2.38 bits per heavy atom. The number of halogens is 1. The van der Waals surface area contributed by atoms with Crippen molar-refractivity contribution in [2.24, 2.45) is 5.10 Å². The van der Waals surface area contributed by atoms with Gasteiger partial charge in [0.2, 0.25) is 0 Å². The summed E-state index contributed by atoms with van der Waals surface area (Å²) in [7, 11) is 3.96. The van der Waals surface area contributed by atoms with Gasteiger partial charge < -0.3 is 9.64 Å². The van der Waals surface area contributed by atoms with Crippen LogP contribution in [-0.2, 0) is 4.79 Å². The number of hydrogen-bond donors (Lipinski definition) is 1. The molecular formula is C18H20BrN3O2. The summed E-state index contributed by atoms with van der Waals surface area (Å²) < 4.78 is 6.52. The zero-order chi connectivity index (χ0) is 17.5. The molecule has 0 aliphatic heterocycles. The molecular weight excluding hydrogens is 370 g/mol. The van der Waals surface area contributed by atoms with E-state index in [2.05, 4.69) is 26.5 Å². The van der Waals surface area contributed by atoms with E-state index in [0.29, 0.717) is 5.75 Å². The monoisotopic (exact) mass is 389 g/mol. The molecule has 0 aliphatic rings. The van der Waals surface area contributed by atoms with Gasteiger partial charge in [-0.3, -0.25) is 4.79 Å². The predicted molar refractivity (Wildman–Crippen MR) is 101 cm³/mol. The molecule has 0 aliphatic carbocycles. The van der Waals surface area contributed by atoms with Crippen LogP contribution >= 0.6 is 15.9 Å². The lowest BCUT2D eigenvalue weighted by atomic mass is 10.2. The zero-order valence-corrected chi connectivity index (χ0v) is 15.4. The van der Waals surface area contributed by atoms with Gasteiger partial charge in [-0.2, -0.15) is 5.10 Å². The van der Waals surface area contributed by atoms with Gasteiger partial charge in [-0.1, -0.05) is 28.1 Å². The van der Waals surface area contributed by atoms with Gasteiger partial charge in [0.15, 0.2) is 6.10 Å². The summed E-state index contributed by atoms with van der Waals surface area (Å²) in [5, 5.41) is 3.97. The summed E-state index contributed by atoms with van der Waals surface area (Å²) in [6, 6.07) is 15.2. The third-order valence-electron chi connectivity index (χ3n) is 3.29. The molecule has 1 N–H and O–H groups in total. The minimum Gasteiger partial charge on any atom is -0.481 e. The minimum atomic E-state index is -0.639. The molecule has 0 saturated carbocycles. The molecule has 0 aromatic heterocycles. The first-order valence-electron chi connectivity index (χ1n) is 7.48. The van der Waals surface area contributed by atoms with E-state index in [1.807, 2.05) is 55.4 Å². The van der Waals surface area contributed by atoms with E-state index in [-0.39, 0.29) is 5.91 Å². The second-order valence-corrected chi connectivity index (χ2v) is 6.35. The van der Waals surface area contributed by atoms with Crippen LogP contribution in [0.3, 0.4) is 0 Å². The molecule has 0 radical (unpaired) electrons. The van der Waals surface area contributed by atoms with Crippen LogP contribution in [-0.4, -0.2) is 32.3 Å². The lowest BCUT2D eigenvalue weighted by molar-refractivity contribution is -0.127. The molecule has 0 spiro atoms. The standard InChI is InChI=1S/C18H20BrN3O2/c1-13(24-17-10-6-15(19)7-11-17)18(23)21-20-12-14-4-8-16(9-5-14)22(2)3/h4-13H,1-3H3,(H,21,23)/t13-/m0/s1. The number of amides is 1. The number of rotatable bonds is 6. The third-order valence-corrected chi connectivity index (χ3v) is 3.82. The van der Waals surface area contributed by atoms with Gasteiger partial charge in [-0.15, -0.1) is 0 Å². The Bertz CT molecular complexity index is 697. The Kier molecular flexibility index (Phi) is 6.37. The van der Waals surface area contributed by atoms with Crippen molar-refractivity contribution in [2.45, 2.75) is 13.0 Å². The van der Waals surface area contributed by atoms with E-state index >= 15 is 0 Å². The maximum Gasteiger partial charge on any atom is 0.280 e. The highest BCUT2D eigenvalue weighted by atomic mass is 79.9. The zero-order valence-electron chi connectivity index (χ0n) is 13.9. The van der Waals surface area contributed by atoms with E-state index in [4.69, 9.17) is 4.74 Å². The number of hydrogen-bond acceptors (Lipinski definition) is 4. The second-order valence-electron chi connectivity index (χ2n) is 5.43. The summed E-state index contributed by atoms with van der Waals surface area (Å²) in [6.07, 6.45) is 0.961. The van der Waals surface area contributed by atoms with Gasteiger partial charge in [-0.05, 0) is 48.9 Å². The van der Waals surface area contributed by atoms with Crippen LogP contribution in [0, 0.1) is 0 Å². The Balaban J connectivity index is 1.86. The topological polar surface area (TPSA) is 53.9 Å². The normalized spacial score (nSPS) is 12.0. The van der Waals surface area contributed by atoms with E-state index in [1.165, 1.54) is 0 Å².